The van der Waals surface area contributed by atoms with Gasteiger partial charge in [-0.25, -0.2) is 4.79 Å². The average Bonchev–Trinajstić information content (AvgIpc) is 2.84. The van der Waals surface area contributed by atoms with E-state index in [1.54, 1.807) is 12.1 Å². The van der Waals surface area contributed by atoms with Gasteiger partial charge in [0.2, 0.25) is 0 Å². The van der Waals surface area contributed by atoms with Gasteiger partial charge < -0.3 is 24.5 Å². The standard InChI is InChI=1S/C24H32BNO5/c1-22(2,3)29-21(28)26-15-19(25-30-23(4,5)24(6,7)31-25)13-16-8-9-17-10-11-20(27)14-18(17)12-16/h8-14,27H,15H2,1-7H3,(H,26,28). The summed E-state index contributed by atoms with van der Waals surface area (Å²) in [5.41, 5.74) is 0.0896. The quantitative estimate of drug-likeness (QED) is 0.668. The second kappa shape index (κ2) is 8.21. The van der Waals surface area contributed by atoms with Crippen LogP contribution in [0.3, 0.4) is 0 Å². The number of fused-ring (bicyclic) bond motifs is 1. The zero-order valence-electron chi connectivity index (χ0n) is 19.4. The first-order chi connectivity index (χ1) is 14.3. The lowest BCUT2D eigenvalue weighted by Crippen LogP contribution is -2.41. The van der Waals surface area contributed by atoms with E-state index in [1.165, 1.54) is 0 Å². The molecule has 1 aliphatic heterocycles. The van der Waals surface area contributed by atoms with Crippen molar-refractivity contribution in [2.75, 3.05) is 6.54 Å². The van der Waals surface area contributed by atoms with Gasteiger partial charge in [-0.15, -0.1) is 0 Å². The van der Waals surface area contributed by atoms with Crippen LogP contribution in [0.2, 0.25) is 0 Å². The highest BCUT2D eigenvalue weighted by atomic mass is 16.7. The number of hydrogen-bond donors (Lipinski definition) is 2. The van der Waals surface area contributed by atoms with Crippen LogP contribution in [0.25, 0.3) is 16.8 Å². The van der Waals surface area contributed by atoms with E-state index in [9.17, 15) is 9.90 Å². The number of ether oxygens (including phenoxy) is 1. The van der Waals surface area contributed by atoms with Gasteiger partial charge in [-0.05, 0) is 88.5 Å². The minimum atomic E-state index is -0.611. The van der Waals surface area contributed by atoms with Gasteiger partial charge in [0, 0.05) is 6.54 Å². The molecule has 0 unspecified atom stereocenters. The third kappa shape index (κ3) is 5.60. The van der Waals surface area contributed by atoms with E-state index in [0.29, 0.717) is 0 Å². The first kappa shape index (κ1) is 23.2. The fourth-order valence-corrected chi connectivity index (χ4v) is 3.24. The van der Waals surface area contributed by atoms with Gasteiger partial charge in [-0.3, -0.25) is 0 Å². The molecule has 3 rings (SSSR count). The van der Waals surface area contributed by atoms with E-state index < -0.39 is 30.0 Å². The van der Waals surface area contributed by atoms with Gasteiger partial charge in [-0.1, -0.05) is 24.3 Å². The predicted octanol–water partition coefficient (Wildman–Crippen LogP) is 5.08. The molecule has 1 aliphatic rings. The zero-order valence-corrected chi connectivity index (χ0v) is 19.4. The number of rotatable bonds is 4. The smallest absolute Gasteiger partial charge is 0.492 e. The molecule has 0 spiro atoms. The molecule has 166 valence electrons. The third-order valence-electron chi connectivity index (χ3n) is 5.59. The Morgan fingerprint density at radius 1 is 1.06 bits per heavy atom. The Hall–Kier alpha value is -2.51. The molecule has 0 saturated carbocycles. The number of phenols is 1. The Morgan fingerprint density at radius 2 is 1.68 bits per heavy atom. The number of aromatic hydroxyl groups is 1. The van der Waals surface area contributed by atoms with Gasteiger partial charge in [0.05, 0.1) is 11.2 Å². The number of benzene rings is 2. The van der Waals surface area contributed by atoms with E-state index in [4.69, 9.17) is 14.0 Å². The van der Waals surface area contributed by atoms with Crippen molar-refractivity contribution in [3.05, 3.63) is 47.4 Å². The van der Waals surface area contributed by atoms with E-state index >= 15 is 0 Å². The molecule has 0 aromatic heterocycles. The third-order valence-corrected chi connectivity index (χ3v) is 5.59. The first-order valence-corrected chi connectivity index (χ1v) is 10.5. The van der Waals surface area contributed by atoms with Crippen molar-refractivity contribution in [3.8, 4) is 5.75 Å². The molecule has 0 bridgehead atoms. The molecule has 2 N–H and O–H groups in total. The number of nitrogens with one attached hydrogen (secondary N) is 1. The normalized spacial score (nSPS) is 18.3. The van der Waals surface area contributed by atoms with Crippen LogP contribution in [0.15, 0.2) is 41.9 Å². The number of amides is 1. The average molecular weight is 425 g/mol. The van der Waals surface area contributed by atoms with Crippen molar-refractivity contribution in [1.29, 1.82) is 0 Å². The van der Waals surface area contributed by atoms with Crippen molar-refractivity contribution in [2.24, 2.45) is 0 Å². The van der Waals surface area contributed by atoms with Crippen molar-refractivity contribution >= 4 is 30.1 Å². The minimum Gasteiger partial charge on any atom is -0.508 e. The molecule has 2 aromatic rings. The summed E-state index contributed by atoms with van der Waals surface area (Å²) in [6, 6.07) is 11.2. The molecule has 1 saturated heterocycles. The Balaban J connectivity index is 1.91. The molecular weight excluding hydrogens is 393 g/mol. The maximum Gasteiger partial charge on any atom is 0.492 e. The SMILES string of the molecule is CC(C)(C)OC(=O)NCC(=Cc1ccc2ccc(O)cc2c1)B1OC(C)(C)C(C)(C)O1. The first-order valence-electron chi connectivity index (χ1n) is 10.5. The fourth-order valence-electron chi connectivity index (χ4n) is 3.24. The largest absolute Gasteiger partial charge is 0.508 e. The molecule has 2 aromatic carbocycles. The Bertz CT molecular complexity index is 991. The predicted molar refractivity (Wildman–Crippen MR) is 124 cm³/mol. The fraction of sp³-hybridized carbons (Fsp3) is 0.458. The molecule has 6 nitrogen and oxygen atoms in total. The van der Waals surface area contributed by atoms with Crippen molar-refractivity contribution < 1.29 is 23.9 Å². The lowest BCUT2D eigenvalue weighted by Gasteiger charge is -2.32. The second-order valence-electron chi connectivity index (χ2n) is 9.95. The molecular formula is C24H32BNO5. The molecule has 0 atom stereocenters. The second-order valence-corrected chi connectivity index (χ2v) is 9.95. The summed E-state index contributed by atoms with van der Waals surface area (Å²) < 4.78 is 17.8. The van der Waals surface area contributed by atoms with Crippen molar-refractivity contribution in [3.63, 3.8) is 0 Å². The van der Waals surface area contributed by atoms with Crippen LogP contribution in [0, 0.1) is 0 Å². The van der Waals surface area contributed by atoms with Gasteiger partial charge in [0.1, 0.15) is 11.4 Å². The van der Waals surface area contributed by atoms with Crippen molar-refractivity contribution in [1.82, 2.24) is 5.32 Å². The molecule has 0 radical (unpaired) electrons. The van der Waals surface area contributed by atoms with E-state index in [-0.39, 0.29) is 12.3 Å². The molecule has 31 heavy (non-hydrogen) atoms. The Kier molecular flexibility index (Phi) is 6.13. The summed E-state index contributed by atoms with van der Waals surface area (Å²) in [6.07, 6.45) is 1.45. The number of carbonyl (C=O) groups is 1. The lowest BCUT2D eigenvalue weighted by atomic mass is 9.77. The summed E-state index contributed by atoms with van der Waals surface area (Å²) in [5.74, 6) is 0.214. The van der Waals surface area contributed by atoms with E-state index in [1.807, 2.05) is 78.8 Å². The highest BCUT2D eigenvalue weighted by Crippen LogP contribution is 2.39. The van der Waals surface area contributed by atoms with Crippen LogP contribution in [-0.4, -0.2) is 41.7 Å². The molecule has 1 fully saturated rings. The molecule has 7 heteroatoms. The van der Waals surface area contributed by atoms with Gasteiger partial charge in [0.15, 0.2) is 0 Å². The summed E-state index contributed by atoms with van der Waals surface area (Å²) in [6.45, 7) is 13.6. The Labute approximate surface area is 184 Å². The van der Waals surface area contributed by atoms with Crippen LogP contribution in [-0.2, 0) is 14.0 Å². The minimum absolute atomic E-state index is 0.212. The van der Waals surface area contributed by atoms with Crippen LogP contribution in [0.5, 0.6) is 5.75 Å². The molecule has 1 amide bonds. The van der Waals surface area contributed by atoms with Crippen LogP contribution < -0.4 is 5.32 Å². The number of hydrogen-bond acceptors (Lipinski definition) is 5. The van der Waals surface area contributed by atoms with Gasteiger partial charge in [-0.2, -0.15) is 0 Å². The summed E-state index contributed by atoms with van der Waals surface area (Å²) in [7, 11) is -0.611. The lowest BCUT2D eigenvalue weighted by molar-refractivity contribution is 0.00578. The summed E-state index contributed by atoms with van der Waals surface area (Å²) >= 11 is 0. The highest BCUT2D eigenvalue weighted by Gasteiger charge is 2.52. The number of alkyl carbamates (subject to hydrolysis) is 1. The van der Waals surface area contributed by atoms with Gasteiger partial charge >= 0.3 is 13.2 Å². The van der Waals surface area contributed by atoms with Crippen LogP contribution in [0.1, 0.15) is 54.0 Å². The van der Waals surface area contributed by atoms with E-state index in [0.717, 1.165) is 21.8 Å². The highest BCUT2D eigenvalue weighted by molar-refractivity contribution is 6.56. The monoisotopic (exact) mass is 425 g/mol. The van der Waals surface area contributed by atoms with Crippen LogP contribution in [0.4, 0.5) is 4.79 Å². The van der Waals surface area contributed by atoms with Crippen molar-refractivity contribution in [2.45, 2.75) is 65.3 Å². The van der Waals surface area contributed by atoms with Crippen LogP contribution >= 0.6 is 0 Å². The maximum atomic E-state index is 12.2. The van der Waals surface area contributed by atoms with E-state index in [2.05, 4.69) is 5.32 Å². The maximum absolute atomic E-state index is 12.2. The molecule has 0 aliphatic carbocycles. The molecule has 1 heterocycles. The topological polar surface area (TPSA) is 77.0 Å². The summed E-state index contributed by atoms with van der Waals surface area (Å²) in [5, 5.41) is 14.6. The Morgan fingerprint density at radius 3 is 2.29 bits per heavy atom. The number of carbonyl (C=O) groups excluding carboxylic acids is 1. The van der Waals surface area contributed by atoms with Gasteiger partial charge in [0.25, 0.3) is 0 Å². The summed E-state index contributed by atoms with van der Waals surface area (Å²) in [4.78, 5) is 12.2. The number of phenolic OH excluding ortho intramolecular Hbond substituents is 1. The zero-order chi connectivity index (χ0) is 23.0.